The summed E-state index contributed by atoms with van der Waals surface area (Å²) in [6.45, 7) is 5.52. The van der Waals surface area contributed by atoms with Crippen molar-refractivity contribution in [1.29, 1.82) is 0 Å². The zero-order valence-corrected chi connectivity index (χ0v) is 14.2. The first-order chi connectivity index (χ1) is 11.8. The van der Waals surface area contributed by atoms with Gasteiger partial charge in [-0.3, -0.25) is 9.69 Å². The first-order valence-electron chi connectivity index (χ1n) is 8.95. The van der Waals surface area contributed by atoms with E-state index in [2.05, 4.69) is 53.4 Å². The van der Waals surface area contributed by atoms with Crippen molar-refractivity contribution in [3.05, 3.63) is 70.8 Å². The van der Waals surface area contributed by atoms with Gasteiger partial charge in [-0.1, -0.05) is 55.5 Å². The molecule has 4 rings (SSSR count). The summed E-state index contributed by atoms with van der Waals surface area (Å²) >= 11 is 0. The zero-order valence-electron chi connectivity index (χ0n) is 14.2. The van der Waals surface area contributed by atoms with Crippen molar-refractivity contribution in [2.24, 2.45) is 0 Å². The Morgan fingerprint density at radius 2 is 1.46 bits per heavy atom. The van der Waals surface area contributed by atoms with E-state index in [0.717, 1.165) is 32.6 Å². The smallest absolute Gasteiger partial charge is 0.222 e. The second kappa shape index (κ2) is 6.40. The molecule has 0 aromatic heterocycles. The van der Waals surface area contributed by atoms with E-state index in [9.17, 15) is 4.79 Å². The molecule has 2 aromatic rings. The van der Waals surface area contributed by atoms with E-state index in [1.165, 1.54) is 22.3 Å². The third-order valence-electron chi connectivity index (χ3n) is 5.41. The van der Waals surface area contributed by atoms with Gasteiger partial charge in [0.2, 0.25) is 5.91 Å². The molecule has 3 nitrogen and oxygen atoms in total. The van der Waals surface area contributed by atoms with Crippen LogP contribution in [0.5, 0.6) is 0 Å². The van der Waals surface area contributed by atoms with Gasteiger partial charge in [0, 0.05) is 32.6 Å². The number of rotatable bonds is 2. The monoisotopic (exact) mass is 320 g/mol. The molecule has 1 aliphatic heterocycles. The van der Waals surface area contributed by atoms with Crippen LogP contribution in [0.4, 0.5) is 0 Å². The molecule has 0 spiro atoms. The summed E-state index contributed by atoms with van der Waals surface area (Å²) in [5.74, 6) is 0.277. The van der Waals surface area contributed by atoms with Crippen LogP contribution < -0.4 is 0 Å². The quantitative estimate of drug-likeness (QED) is 0.848. The molecule has 1 heterocycles. The molecule has 1 aliphatic carbocycles. The maximum absolute atomic E-state index is 12.0. The fourth-order valence-corrected chi connectivity index (χ4v) is 4.14. The van der Waals surface area contributed by atoms with Gasteiger partial charge < -0.3 is 4.90 Å². The highest BCUT2D eigenvalue weighted by atomic mass is 16.2. The van der Waals surface area contributed by atoms with Crippen molar-refractivity contribution in [2.75, 3.05) is 26.2 Å². The topological polar surface area (TPSA) is 23.6 Å². The molecule has 2 aromatic carbocycles. The maximum Gasteiger partial charge on any atom is 0.222 e. The lowest BCUT2D eigenvalue weighted by atomic mass is 9.81. The van der Waals surface area contributed by atoms with Crippen molar-refractivity contribution in [1.82, 2.24) is 9.80 Å². The average Bonchev–Trinajstić information content (AvgIpc) is 2.65. The normalized spacial score (nSPS) is 18.1. The van der Waals surface area contributed by atoms with Crippen LogP contribution in [0.25, 0.3) is 0 Å². The van der Waals surface area contributed by atoms with Crippen molar-refractivity contribution in [2.45, 2.75) is 25.8 Å². The van der Waals surface area contributed by atoms with Crippen LogP contribution in [0.2, 0.25) is 0 Å². The number of hydrogen-bond acceptors (Lipinski definition) is 2. The fourth-order valence-electron chi connectivity index (χ4n) is 4.14. The molecule has 0 bridgehead atoms. The summed E-state index contributed by atoms with van der Waals surface area (Å²) in [4.78, 5) is 16.5. The van der Waals surface area contributed by atoms with Crippen LogP contribution in [0.15, 0.2) is 48.5 Å². The molecule has 1 fully saturated rings. The fraction of sp³-hybridized carbons (Fsp3) is 0.381. The summed E-state index contributed by atoms with van der Waals surface area (Å²) in [6.07, 6.45) is 1.63. The molecule has 0 unspecified atom stereocenters. The summed E-state index contributed by atoms with van der Waals surface area (Å²) in [7, 11) is 0. The van der Waals surface area contributed by atoms with Crippen LogP contribution in [0, 0.1) is 0 Å². The predicted molar refractivity (Wildman–Crippen MR) is 96.0 cm³/mol. The Labute approximate surface area is 143 Å². The lowest BCUT2D eigenvalue weighted by molar-refractivity contribution is -0.132. The number of fused-ring (bicyclic) bond motifs is 2. The highest BCUT2D eigenvalue weighted by molar-refractivity contribution is 5.75. The molecule has 0 atom stereocenters. The number of carbonyl (C=O) groups is 1. The number of nitrogens with zero attached hydrogens (tertiary/aromatic N) is 2. The average molecular weight is 320 g/mol. The predicted octanol–water partition coefficient (Wildman–Crippen LogP) is 3.23. The SMILES string of the molecule is CCC(=O)N1CCN(C2c3ccccc3Cc3ccccc32)CC1. The molecule has 3 heteroatoms. The Morgan fingerprint density at radius 3 is 2.00 bits per heavy atom. The third-order valence-corrected chi connectivity index (χ3v) is 5.41. The molecule has 1 saturated heterocycles. The number of amides is 1. The largest absolute Gasteiger partial charge is 0.340 e. The minimum Gasteiger partial charge on any atom is -0.340 e. The summed E-state index contributed by atoms with van der Waals surface area (Å²) in [5.41, 5.74) is 5.75. The molecule has 0 saturated carbocycles. The van der Waals surface area contributed by atoms with Crippen molar-refractivity contribution in [3.63, 3.8) is 0 Å². The standard InChI is InChI=1S/C21H24N2O/c1-2-20(24)22-11-13-23(14-12-22)21-18-9-5-3-7-16(18)15-17-8-4-6-10-19(17)21/h3-10,21H,2,11-15H2,1H3. The van der Waals surface area contributed by atoms with E-state index in [-0.39, 0.29) is 5.91 Å². The summed E-state index contributed by atoms with van der Waals surface area (Å²) in [6, 6.07) is 18.0. The molecular weight excluding hydrogens is 296 g/mol. The van der Waals surface area contributed by atoms with E-state index >= 15 is 0 Å². The summed E-state index contributed by atoms with van der Waals surface area (Å²) in [5, 5.41) is 0. The number of carbonyl (C=O) groups excluding carboxylic acids is 1. The molecular formula is C21H24N2O. The van der Waals surface area contributed by atoms with E-state index in [4.69, 9.17) is 0 Å². The van der Waals surface area contributed by atoms with Gasteiger partial charge >= 0.3 is 0 Å². The number of hydrogen-bond donors (Lipinski definition) is 0. The van der Waals surface area contributed by atoms with Crippen LogP contribution in [0.3, 0.4) is 0 Å². The van der Waals surface area contributed by atoms with E-state index in [0.29, 0.717) is 12.5 Å². The van der Waals surface area contributed by atoms with Gasteiger partial charge in [0.25, 0.3) is 0 Å². The second-order valence-corrected chi connectivity index (χ2v) is 6.75. The minimum atomic E-state index is 0.277. The van der Waals surface area contributed by atoms with Crippen LogP contribution in [0.1, 0.15) is 41.6 Å². The van der Waals surface area contributed by atoms with E-state index in [1.807, 2.05) is 11.8 Å². The Kier molecular flexibility index (Phi) is 4.11. The van der Waals surface area contributed by atoms with Gasteiger partial charge in [-0.2, -0.15) is 0 Å². The van der Waals surface area contributed by atoms with Gasteiger partial charge in [-0.15, -0.1) is 0 Å². The lowest BCUT2D eigenvalue weighted by Crippen LogP contribution is -2.50. The molecule has 2 aliphatic rings. The van der Waals surface area contributed by atoms with Gasteiger partial charge in [-0.05, 0) is 28.7 Å². The van der Waals surface area contributed by atoms with Gasteiger partial charge in [-0.25, -0.2) is 0 Å². The Balaban J connectivity index is 1.65. The van der Waals surface area contributed by atoms with E-state index in [1.54, 1.807) is 0 Å². The van der Waals surface area contributed by atoms with Crippen molar-refractivity contribution < 1.29 is 4.79 Å². The molecule has 124 valence electrons. The molecule has 0 radical (unpaired) electrons. The van der Waals surface area contributed by atoms with Crippen LogP contribution in [-0.4, -0.2) is 41.9 Å². The first-order valence-corrected chi connectivity index (χ1v) is 8.95. The maximum atomic E-state index is 12.0. The van der Waals surface area contributed by atoms with Crippen molar-refractivity contribution in [3.8, 4) is 0 Å². The first kappa shape index (κ1) is 15.4. The third kappa shape index (κ3) is 2.63. The second-order valence-electron chi connectivity index (χ2n) is 6.75. The molecule has 1 amide bonds. The van der Waals surface area contributed by atoms with Gasteiger partial charge in [0.1, 0.15) is 0 Å². The number of benzene rings is 2. The lowest BCUT2D eigenvalue weighted by Gasteiger charge is -2.42. The Bertz CT molecular complexity index is 702. The van der Waals surface area contributed by atoms with Crippen LogP contribution >= 0.6 is 0 Å². The Morgan fingerprint density at radius 1 is 0.917 bits per heavy atom. The van der Waals surface area contributed by atoms with Crippen LogP contribution in [-0.2, 0) is 11.2 Å². The highest BCUT2D eigenvalue weighted by Gasteiger charge is 2.32. The van der Waals surface area contributed by atoms with Crippen molar-refractivity contribution >= 4 is 5.91 Å². The summed E-state index contributed by atoms with van der Waals surface area (Å²) < 4.78 is 0. The van der Waals surface area contributed by atoms with Gasteiger partial charge in [0.05, 0.1) is 6.04 Å². The Hall–Kier alpha value is -2.13. The number of piperazine rings is 1. The minimum absolute atomic E-state index is 0.277. The zero-order chi connectivity index (χ0) is 16.5. The molecule has 24 heavy (non-hydrogen) atoms. The van der Waals surface area contributed by atoms with E-state index < -0.39 is 0 Å². The van der Waals surface area contributed by atoms with Gasteiger partial charge in [0.15, 0.2) is 0 Å². The molecule has 0 N–H and O–H groups in total. The highest BCUT2D eigenvalue weighted by Crippen LogP contribution is 2.39.